The van der Waals surface area contributed by atoms with Crippen molar-refractivity contribution in [1.29, 1.82) is 0 Å². The number of amides is 2. The van der Waals surface area contributed by atoms with Gasteiger partial charge in [0.15, 0.2) is 5.13 Å². The average Bonchev–Trinajstić information content (AvgIpc) is 3.30. The number of carboxylic acid groups (broad SMARTS) is 1. The number of carbonyl (C=O) groups is 3. The molecule has 4 N–H and O–H groups in total. The van der Waals surface area contributed by atoms with Crippen LogP contribution in [0.4, 0.5) is 5.13 Å². The first-order chi connectivity index (χ1) is 14.2. The number of aromatic carboxylic acids is 1. The Balaban J connectivity index is 1.78. The zero-order valence-corrected chi connectivity index (χ0v) is 18.6. The molecule has 3 heterocycles. The van der Waals surface area contributed by atoms with Crippen LogP contribution in [0.25, 0.3) is 0 Å². The van der Waals surface area contributed by atoms with Crippen LogP contribution in [-0.2, 0) is 4.79 Å². The fourth-order valence-electron chi connectivity index (χ4n) is 3.35. The number of rotatable bonds is 6. The van der Waals surface area contributed by atoms with Gasteiger partial charge in [0.05, 0.1) is 22.2 Å². The van der Waals surface area contributed by atoms with E-state index in [2.05, 4.69) is 20.6 Å². The van der Waals surface area contributed by atoms with Crippen LogP contribution in [0.3, 0.4) is 0 Å². The zero-order chi connectivity index (χ0) is 22.0. The fourth-order valence-corrected chi connectivity index (χ4v) is 4.55. The minimum absolute atomic E-state index is 0.128. The molecule has 0 radical (unpaired) electrons. The Morgan fingerprint density at radius 3 is 2.67 bits per heavy atom. The van der Waals surface area contributed by atoms with Crippen LogP contribution in [0, 0.1) is 12.8 Å². The summed E-state index contributed by atoms with van der Waals surface area (Å²) in [6.07, 6.45) is 1.77. The Morgan fingerprint density at radius 1 is 1.37 bits per heavy atom. The summed E-state index contributed by atoms with van der Waals surface area (Å²) in [5.41, 5.74) is 0.738. The van der Waals surface area contributed by atoms with Gasteiger partial charge in [-0.3, -0.25) is 9.59 Å². The van der Waals surface area contributed by atoms with Crippen molar-refractivity contribution in [2.75, 3.05) is 24.5 Å². The van der Waals surface area contributed by atoms with Crippen molar-refractivity contribution < 1.29 is 19.5 Å². The van der Waals surface area contributed by atoms with Gasteiger partial charge in [0.25, 0.3) is 5.91 Å². The SMILES string of the molecule is CCNC(=O)C1CN(c2ncc(C(=O)O)s2)CCC1NC(=O)c1[nH]c(C)c(Cl)c1Cl. The number of nitrogens with one attached hydrogen (secondary N) is 3. The molecule has 0 saturated carbocycles. The molecule has 1 aliphatic heterocycles. The number of hydrogen-bond donors (Lipinski definition) is 4. The molecular formula is C18H21Cl2N5O4S. The van der Waals surface area contributed by atoms with Crippen LogP contribution in [-0.4, -0.2) is 58.5 Å². The second kappa shape index (κ2) is 9.23. The van der Waals surface area contributed by atoms with Gasteiger partial charge in [-0.25, -0.2) is 9.78 Å². The van der Waals surface area contributed by atoms with E-state index < -0.39 is 23.8 Å². The van der Waals surface area contributed by atoms with Crippen molar-refractivity contribution in [2.45, 2.75) is 26.3 Å². The molecular weight excluding hydrogens is 453 g/mol. The van der Waals surface area contributed by atoms with E-state index in [1.54, 1.807) is 6.92 Å². The van der Waals surface area contributed by atoms with Gasteiger partial charge in [0.2, 0.25) is 5.91 Å². The van der Waals surface area contributed by atoms with Crippen LogP contribution < -0.4 is 15.5 Å². The molecule has 1 aliphatic rings. The van der Waals surface area contributed by atoms with E-state index in [4.69, 9.17) is 28.3 Å². The lowest BCUT2D eigenvalue weighted by atomic mass is 9.91. The fraction of sp³-hybridized carbons (Fsp3) is 0.444. The van der Waals surface area contributed by atoms with Crippen molar-refractivity contribution >= 4 is 57.5 Å². The maximum Gasteiger partial charge on any atom is 0.347 e. The van der Waals surface area contributed by atoms with E-state index in [0.717, 1.165) is 11.3 Å². The number of carboxylic acids is 1. The van der Waals surface area contributed by atoms with Gasteiger partial charge in [0.1, 0.15) is 10.6 Å². The molecule has 1 saturated heterocycles. The van der Waals surface area contributed by atoms with Gasteiger partial charge in [0, 0.05) is 31.4 Å². The molecule has 0 aromatic carbocycles. The molecule has 30 heavy (non-hydrogen) atoms. The topological polar surface area (TPSA) is 127 Å². The number of aromatic amines is 1. The van der Waals surface area contributed by atoms with E-state index in [1.807, 2.05) is 11.8 Å². The number of anilines is 1. The van der Waals surface area contributed by atoms with E-state index >= 15 is 0 Å². The van der Waals surface area contributed by atoms with Gasteiger partial charge in [-0.2, -0.15) is 0 Å². The predicted octanol–water partition coefficient (Wildman–Crippen LogP) is 2.55. The molecule has 3 rings (SSSR count). The first kappa shape index (κ1) is 22.4. The Hall–Kier alpha value is -2.30. The number of thiazole rings is 1. The molecule has 0 aliphatic carbocycles. The molecule has 2 amide bonds. The summed E-state index contributed by atoms with van der Waals surface area (Å²) in [6.45, 7) is 4.77. The molecule has 0 bridgehead atoms. The Morgan fingerprint density at radius 2 is 2.10 bits per heavy atom. The van der Waals surface area contributed by atoms with E-state index in [9.17, 15) is 14.4 Å². The highest BCUT2D eigenvalue weighted by atomic mass is 35.5. The quantitative estimate of drug-likeness (QED) is 0.510. The first-order valence-corrected chi connectivity index (χ1v) is 10.9. The largest absolute Gasteiger partial charge is 0.477 e. The Bertz CT molecular complexity index is 976. The zero-order valence-electron chi connectivity index (χ0n) is 16.3. The molecule has 162 valence electrons. The van der Waals surface area contributed by atoms with Crippen molar-refractivity contribution in [2.24, 2.45) is 5.92 Å². The summed E-state index contributed by atoms with van der Waals surface area (Å²) >= 11 is 13.2. The van der Waals surface area contributed by atoms with Crippen molar-refractivity contribution in [3.8, 4) is 0 Å². The van der Waals surface area contributed by atoms with E-state index in [0.29, 0.717) is 36.9 Å². The molecule has 0 spiro atoms. The van der Waals surface area contributed by atoms with Gasteiger partial charge in [-0.05, 0) is 20.3 Å². The maximum absolute atomic E-state index is 12.7. The lowest BCUT2D eigenvalue weighted by Gasteiger charge is -2.37. The van der Waals surface area contributed by atoms with E-state index in [1.165, 1.54) is 6.20 Å². The number of aromatic nitrogens is 2. The van der Waals surface area contributed by atoms with Crippen LogP contribution in [0.15, 0.2) is 6.20 Å². The molecule has 9 nitrogen and oxygen atoms in total. The number of piperidine rings is 1. The standard InChI is InChI=1S/C18H21Cl2N5O4S/c1-3-21-15(26)9-7-25(18-22-6-11(30-18)17(28)29)5-4-10(9)24-16(27)14-13(20)12(19)8(2)23-14/h6,9-10,23H,3-5,7H2,1-2H3,(H,21,26)(H,24,27)(H,28,29). The van der Waals surface area contributed by atoms with Crippen molar-refractivity contribution in [3.63, 3.8) is 0 Å². The van der Waals surface area contributed by atoms with Crippen LogP contribution >= 0.6 is 34.5 Å². The van der Waals surface area contributed by atoms with Crippen molar-refractivity contribution in [3.05, 3.63) is 32.5 Å². The maximum atomic E-state index is 12.7. The number of halogens is 2. The summed E-state index contributed by atoms with van der Waals surface area (Å²) in [5.74, 6) is -2.23. The second-order valence-electron chi connectivity index (χ2n) is 6.88. The molecule has 2 atom stereocenters. The minimum Gasteiger partial charge on any atom is -0.477 e. The smallest absolute Gasteiger partial charge is 0.347 e. The monoisotopic (exact) mass is 473 g/mol. The van der Waals surface area contributed by atoms with Gasteiger partial charge in [-0.15, -0.1) is 0 Å². The summed E-state index contributed by atoms with van der Waals surface area (Å²) < 4.78 is 0. The predicted molar refractivity (Wildman–Crippen MR) is 115 cm³/mol. The van der Waals surface area contributed by atoms with Crippen LogP contribution in [0.2, 0.25) is 10.0 Å². The average molecular weight is 474 g/mol. The van der Waals surface area contributed by atoms with Gasteiger partial charge < -0.3 is 25.6 Å². The summed E-state index contributed by atoms with van der Waals surface area (Å²) in [6, 6.07) is -0.433. The normalized spacial score (nSPS) is 18.9. The van der Waals surface area contributed by atoms with E-state index in [-0.39, 0.29) is 26.5 Å². The summed E-state index contributed by atoms with van der Waals surface area (Å²) in [5, 5.41) is 15.8. The lowest BCUT2D eigenvalue weighted by molar-refractivity contribution is -0.125. The third kappa shape index (κ3) is 4.55. The molecule has 1 fully saturated rings. The first-order valence-electron chi connectivity index (χ1n) is 9.29. The molecule has 12 heteroatoms. The lowest BCUT2D eigenvalue weighted by Crippen LogP contribution is -2.56. The van der Waals surface area contributed by atoms with Crippen molar-refractivity contribution in [1.82, 2.24) is 20.6 Å². The van der Waals surface area contributed by atoms with Crippen LogP contribution in [0.1, 0.15) is 39.2 Å². The van der Waals surface area contributed by atoms with Gasteiger partial charge >= 0.3 is 5.97 Å². The molecule has 2 unspecified atom stereocenters. The third-order valence-corrected chi connectivity index (χ3v) is 6.87. The number of carbonyl (C=O) groups excluding carboxylic acids is 2. The van der Waals surface area contributed by atoms with Crippen LogP contribution in [0.5, 0.6) is 0 Å². The Labute approximate surface area is 186 Å². The number of hydrogen-bond acceptors (Lipinski definition) is 6. The summed E-state index contributed by atoms with van der Waals surface area (Å²) in [7, 11) is 0. The highest BCUT2D eigenvalue weighted by molar-refractivity contribution is 7.17. The number of nitrogens with zero attached hydrogens (tertiary/aromatic N) is 2. The molecule has 2 aromatic rings. The molecule has 2 aromatic heterocycles. The summed E-state index contributed by atoms with van der Waals surface area (Å²) in [4.78, 5) is 45.6. The number of H-pyrrole nitrogens is 1. The highest BCUT2D eigenvalue weighted by Gasteiger charge is 2.37. The number of aryl methyl sites for hydroxylation is 1. The second-order valence-corrected chi connectivity index (χ2v) is 8.65. The third-order valence-electron chi connectivity index (χ3n) is 4.87. The minimum atomic E-state index is -1.04. The van der Waals surface area contributed by atoms with Gasteiger partial charge in [-0.1, -0.05) is 34.5 Å². The Kier molecular flexibility index (Phi) is 6.89. The highest BCUT2D eigenvalue weighted by Crippen LogP contribution is 2.31.